The van der Waals surface area contributed by atoms with Gasteiger partial charge in [0.15, 0.2) is 0 Å². The third-order valence-corrected chi connectivity index (χ3v) is 5.18. The monoisotopic (exact) mass is 435 g/mol. The lowest BCUT2D eigenvalue weighted by Crippen LogP contribution is -2.26. The number of amides is 1. The number of carbonyl (C=O) groups excluding carboxylic acids is 1. The van der Waals surface area contributed by atoms with Gasteiger partial charge in [0.25, 0.3) is 0 Å². The molecule has 1 N–H and O–H groups in total. The number of thioether (sulfide) groups is 1. The largest absolute Gasteiger partial charge is 0.491 e. The summed E-state index contributed by atoms with van der Waals surface area (Å²) >= 11 is 5.06. The van der Waals surface area contributed by atoms with Crippen LogP contribution in [0.4, 0.5) is 0 Å². The first-order valence-electron chi connectivity index (χ1n) is 8.87. The Kier molecular flexibility index (Phi) is 9.06. The summed E-state index contributed by atoms with van der Waals surface area (Å²) in [5.41, 5.74) is 2.47. The molecule has 0 unspecified atom stereocenters. The topological polar surface area (TPSA) is 38.3 Å². The van der Waals surface area contributed by atoms with Crippen LogP contribution in [-0.2, 0) is 17.0 Å². The number of ether oxygens (including phenoxy) is 1. The molecule has 0 saturated carbocycles. The quantitative estimate of drug-likeness (QED) is 0.519. The second-order valence-corrected chi connectivity index (χ2v) is 8.29. The smallest absolute Gasteiger partial charge is 0.230 e. The second-order valence-electron chi connectivity index (χ2n) is 6.39. The Labute approximate surface area is 169 Å². The highest BCUT2D eigenvalue weighted by Gasteiger charge is 2.03. The van der Waals surface area contributed by atoms with Gasteiger partial charge >= 0.3 is 0 Å². The minimum absolute atomic E-state index is 0.101. The van der Waals surface area contributed by atoms with Crippen LogP contribution in [-0.4, -0.2) is 24.3 Å². The molecule has 0 aliphatic carbocycles. The van der Waals surface area contributed by atoms with Gasteiger partial charge in [0.05, 0.1) is 11.9 Å². The van der Waals surface area contributed by atoms with E-state index in [1.807, 2.05) is 38.1 Å². The lowest BCUT2D eigenvalue weighted by molar-refractivity contribution is -0.118. The number of benzene rings is 2. The minimum Gasteiger partial charge on any atom is -0.491 e. The third kappa shape index (κ3) is 8.28. The van der Waals surface area contributed by atoms with Gasteiger partial charge in [-0.25, -0.2) is 0 Å². The predicted octanol–water partition coefficient (Wildman–Crippen LogP) is 5.22. The van der Waals surface area contributed by atoms with Crippen LogP contribution in [0.5, 0.6) is 5.75 Å². The molecular formula is C21H26BrNO2S. The molecule has 0 aromatic heterocycles. The van der Waals surface area contributed by atoms with Gasteiger partial charge in [-0.05, 0) is 62.1 Å². The Morgan fingerprint density at radius 2 is 1.92 bits per heavy atom. The maximum atomic E-state index is 11.9. The van der Waals surface area contributed by atoms with Crippen molar-refractivity contribution in [3.63, 3.8) is 0 Å². The van der Waals surface area contributed by atoms with E-state index in [2.05, 4.69) is 45.5 Å². The first kappa shape index (κ1) is 20.8. The number of carbonyl (C=O) groups is 1. The lowest BCUT2D eigenvalue weighted by Gasteiger charge is -2.11. The zero-order chi connectivity index (χ0) is 18.8. The number of nitrogens with one attached hydrogen (secondary N) is 1. The van der Waals surface area contributed by atoms with Gasteiger partial charge in [-0.15, -0.1) is 11.8 Å². The molecule has 0 saturated heterocycles. The van der Waals surface area contributed by atoms with Crippen LogP contribution in [0, 0.1) is 0 Å². The number of hydrogen-bond acceptors (Lipinski definition) is 3. The fourth-order valence-corrected chi connectivity index (χ4v) is 3.54. The van der Waals surface area contributed by atoms with E-state index in [9.17, 15) is 4.79 Å². The normalized spacial score (nSPS) is 10.8. The van der Waals surface area contributed by atoms with Gasteiger partial charge in [-0.2, -0.15) is 0 Å². The number of rotatable bonds is 10. The summed E-state index contributed by atoms with van der Waals surface area (Å²) in [6, 6.07) is 16.4. The summed E-state index contributed by atoms with van der Waals surface area (Å²) in [4.78, 5) is 11.9. The average molecular weight is 436 g/mol. The molecule has 3 nitrogen and oxygen atoms in total. The first-order valence-corrected chi connectivity index (χ1v) is 10.8. The van der Waals surface area contributed by atoms with Crippen molar-refractivity contribution in [2.24, 2.45) is 0 Å². The van der Waals surface area contributed by atoms with E-state index in [-0.39, 0.29) is 12.0 Å². The van der Waals surface area contributed by atoms with Crippen LogP contribution in [0.3, 0.4) is 0 Å². The van der Waals surface area contributed by atoms with E-state index in [4.69, 9.17) is 4.74 Å². The highest BCUT2D eigenvalue weighted by atomic mass is 79.9. The molecule has 26 heavy (non-hydrogen) atoms. The zero-order valence-corrected chi connectivity index (χ0v) is 17.7. The molecule has 2 aromatic carbocycles. The summed E-state index contributed by atoms with van der Waals surface area (Å²) in [5.74, 6) is 2.35. The van der Waals surface area contributed by atoms with Crippen LogP contribution >= 0.6 is 27.7 Å². The summed E-state index contributed by atoms with van der Waals surface area (Å²) in [5, 5.41) is 3.00. The Morgan fingerprint density at radius 1 is 1.15 bits per heavy atom. The predicted molar refractivity (Wildman–Crippen MR) is 114 cm³/mol. The molecule has 0 radical (unpaired) electrons. The highest BCUT2D eigenvalue weighted by Crippen LogP contribution is 2.17. The van der Waals surface area contributed by atoms with Crippen LogP contribution in [0.2, 0.25) is 0 Å². The zero-order valence-electron chi connectivity index (χ0n) is 15.3. The molecule has 1 amide bonds. The van der Waals surface area contributed by atoms with Crippen molar-refractivity contribution in [3.05, 3.63) is 64.1 Å². The number of aryl methyl sites for hydroxylation is 1. The summed E-state index contributed by atoms with van der Waals surface area (Å²) in [7, 11) is 0. The van der Waals surface area contributed by atoms with Crippen molar-refractivity contribution >= 4 is 33.6 Å². The maximum absolute atomic E-state index is 11.9. The molecule has 0 bridgehead atoms. The first-order chi connectivity index (χ1) is 12.5. The van der Waals surface area contributed by atoms with E-state index in [1.165, 1.54) is 11.1 Å². The molecule has 2 rings (SSSR count). The average Bonchev–Trinajstić information content (AvgIpc) is 2.60. The van der Waals surface area contributed by atoms with Gasteiger partial charge in [0.2, 0.25) is 5.91 Å². The summed E-state index contributed by atoms with van der Waals surface area (Å²) < 4.78 is 6.79. The van der Waals surface area contributed by atoms with E-state index in [0.29, 0.717) is 12.3 Å². The van der Waals surface area contributed by atoms with Gasteiger partial charge in [-0.3, -0.25) is 4.79 Å². The lowest BCUT2D eigenvalue weighted by atomic mass is 10.1. The van der Waals surface area contributed by atoms with Crippen molar-refractivity contribution in [1.82, 2.24) is 5.32 Å². The van der Waals surface area contributed by atoms with Crippen molar-refractivity contribution in [2.75, 3.05) is 12.3 Å². The van der Waals surface area contributed by atoms with E-state index < -0.39 is 0 Å². The number of halogens is 1. The summed E-state index contributed by atoms with van der Waals surface area (Å²) in [6.07, 6.45) is 2.04. The Balaban J connectivity index is 1.60. The molecule has 0 aliphatic heterocycles. The molecule has 2 aromatic rings. The molecular weight excluding hydrogens is 410 g/mol. The molecule has 140 valence electrons. The Bertz CT molecular complexity index is 689. The van der Waals surface area contributed by atoms with Gasteiger partial charge in [0.1, 0.15) is 5.75 Å². The Hall–Kier alpha value is -1.46. The van der Waals surface area contributed by atoms with Crippen molar-refractivity contribution in [2.45, 2.75) is 38.5 Å². The van der Waals surface area contributed by atoms with E-state index >= 15 is 0 Å². The van der Waals surface area contributed by atoms with Crippen LogP contribution in [0.25, 0.3) is 0 Å². The standard InChI is InChI=1S/C21H26BrNO2S/c1-16(2)25-20-7-3-5-17(13-20)6-4-12-23-21(24)15-26-14-18-8-10-19(22)11-9-18/h3,5,7-11,13,16H,4,6,12,14-15H2,1-2H3,(H,23,24). The Morgan fingerprint density at radius 3 is 2.65 bits per heavy atom. The van der Waals surface area contributed by atoms with Crippen LogP contribution < -0.4 is 10.1 Å². The van der Waals surface area contributed by atoms with Gasteiger partial charge in [-0.1, -0.05) is 40.2 Å². The number of hydrogen-bond donors (Lipinski definition) is 1. The van der Waals surface area contributed by atoms with Gasteiger partial charge in [0, 0.05) is 16.8 Å². The molecule has 0 aliphatic rings. The van der Waals surface area contributed by atoms with Crippen LogP contribution in [0.15, 0.2) is 53.0 Å². The summed E-state index contributed by atoms with van der Waals surface area (Å²) in [6.45, 7) is 4.75. The molecule has 0 atom stereocenters. The highest BCUT2D eigenvalue weighted by molar-refractivity contribution is 9.10. The molecule has 5 heteroatoms. The van der Waals surface area contributed by atoms with Crippen molar-refractivity contribution < 1.29 is 9.53 Å². The van der Waals surface area contributed by atoms with Crippen molar-refractivity contribution in [1.29, 1.82) is 0 Å². The molecule has 0 spiro atoms. The van der Waals surface area contributed by atoms with E-state index in [1.54, 1.807) is 11.8 Å². The molecule has 0 fully saturated rings. The van der Waals surface area contributed by atoms with Gasteiger partial charge < -0.3 is 10.1 Å². The third-order valence-electron chi connectivity index (χ3n) is 3.65. The fourth-order valence-electron chi connectivity index (χ4n) is 2.46. The maximum Gasteiger partial charge on any atom is 0.230 e. The fraction of sp³-hybridized carbons (Fsp3) is 0.381. The molecule has 0 heterocycles. The van der Waals surface area contributed by atoms with Crippen LogP contribution in [0.1, 0.15) is 31.4 Å². The second kappa shape index (κ2) is 11.3. The van der Waals surface area contributed by atoms with E-state index in [0.717, 1.165) is 28.8 Å². The van der Waals surface area contributed by atoms with Crippen molar-refractivity contribution in [3.8, 4) is 5.75 Å². The SMILES string of the molecule is CC(C)Oc1cccc(CCCNC(=O)CSCc2ccc(Br)cc2)c1. The minimum atomic E-state index is 0.101.